The summed E-state index contributed by atoms with van der Waals surface area (Å²) in [5.41, 5.74) is 2.30. The van der Waals surface area contributed by atoms with Gasteiger partial charge < -0.3 is 9.55 Å². The summed E-state index contributed by atoms with van der Waals surface area (Å²) in [6.45, 7) is 0. The summed E-state index contributed by atoms with van der Waals surface area (Å²) < 4.78 is 2.01. The van der Waals surface area contributed by atoms with Crippen molar-refractivity contribution in [2.75, 3.05) is 0 Å². The molecule has 0 fully saturated rings. The minimum absolute atomic E-state index is 1.15. The lowest BCUT2D eigenvalue weighted by Gasteiger charge is -2.02. The van der Waals surface area contributed by atoms with Crippen LogP contribution in [0.15, 0.2) is 49.2 Å². The van der Waals surface area contributed by atoms with Gasteiger partial charge in [0.25, 0.3) is 0 Å². The molecular weight excluding hydrogens is 174 g/mol. The lowest BCUT2D eigenvalue weighted by atomic mass is 10.2. The highest BCUT2D eigenvalue weighted by Gasteiger charge is 2.01. The summed E-state index contributed by atoms with van der Waals surface area (Å²) in [6.07, 6.45) is 7.49. The van der Waals surface area contributed by atoms with Gasteiger partial charge in [0.15, 0.2) is 0 Å². The quantitative estimate of drug-likeness (QED) is 0.617. The second-order valence-corrected chi connectivity index (χ2v) is 3.19. The molecule has 0 aliphatic heterocycles. The fraction of sp³-hybridized carbons (Fsp3) is 0. The van der Waals surface area contributed by atoms with Crippen molar-refractivity contribution in [3.05, 3.63) is 49.2 Å². The van der Waals surface area contributed by atoms with E-state index in [1.807, 2.05) is 29.4 Å². The van der Waals surface area contributed by atoms with Gasteiger partial charge in [-0.15, -0.1) is 0 Å². The Morgan fingerprint density at radius 3 is 3.07 bits per heavy atom. The number of rotatable bonds is 1. The normalized spacial score (nSPS) is 10.9. The van der Waals surface area contributed by atoms with E-state index < -0.39 is 0 Å². The first-order valence-electron chi connectivity index (χ1n) is 4.49. The van der Waals surface area contributed by atoms with Crippen molar-refractivity contribution in [3.63, 3.8) is 0 Å². The zero-order valence-electron chi connectivity index (χ0n) is 7.51. The minimum atomic E-state index is 1.15. The Morgan fingerprint density at radius 2 is 2.21 bits per heavy atom. The number of aromatic amines is 1. The Kier molecular flexibility index (Phi) is 1.44. The van der Waals surface area contributed by atoms with Crippen molar-refractivity contribution in [3.8, 4) is 5.69 Å². The molecule has 14 heavy (non-hydrogen) atoms. The molecule has 68 valence electrons. The summed E-state index contributed by atoms with van der Waals surface area (Å²) in [7, 11) is 0. The number of nitrogens with one attached hydrogen (secondary N) is 1. The summed E-state index contributed by atoms with van der Waals surface area (Å²) in [5.74, 6) is 0. The SMILES string of the molecule is c1cc(-n2ccnc2)c2cc[nH]c2c1. The molecular formula is C11H9N3. The van der Waals surface area contributed by atoms with Crippen LogP contribution in [0.2, 0.25) is 0 Å². The molecule has 0 bridgehead atoms. The number of H-pyrrole nitrogens is 1. The molecule has 0 unspecified atom stereocenters. The Bertz CT molecular complexity index is 549. The van der Waals surface area contributed by atoms with Crippen LogP contribution < -0.4 is 0 Å². The molecule has 2 heterocycles. The van der Waals surface area contributed by atoms with Gasteiger partial charge >= 0.3 is 0 Å². The van der Waals surface area contributed by atoms with E-state index in [4.69, 9.17) is 0 Å². The third-order valence-electron chi connectivity index (χ3n) is 2.35. The van der Waals surface area contributed by atoms with Gasteiger partial charge in [-0.1, -0.05) is 6.07 Å². The standard InChI is InChI=1S/C11H9N3/c1-2-10-9(4-5-13-10)11(3-1)14-7-6-12-8-14/h1-8,13H. The van der Waals surface area contributed by atoms with Gasteiger partial charge in [-0.2, -0.15) is 0 Å². The van der Waals surface area contributed by atoms with Crippen molar-refractivity contribution in [1.82, 2.24) is 14.5 Å². The molecule has 0 spiro atoms. The van der Waals surface area contributed by atoms with Crippen LogP contribution in [0.4, 0.5) is 0 Å². The van der Waals surface area contributed by atoms with Crippen molar-refractivity contribution in [1.29, 1.82) is 0 Å². The molecule has 3 rings (SSSR count). The fourth-order valence-electron chi connectivity index (χ4n) is 1.70. The van der Waals surface area contributed by atoms with E-state index in [1.165, 1.54) is 5.39 Å². The second kappa shape index (κ2) is 2.73. The predicted octanol–water partition coefficient (Wildman–Crippen LogP) is 2.35. The Balaban J connectivity index is 2.36. The van der Waals surface area contributed by atoms with Crippen LogP contribution in [-0.4, -0.2) is 14.5 Å². The number of imidazole rings is 1. The molecule has 0 aliphatic carbocycles. The minimum Gasteiger partial charge on any atom is -0.361 e. The second-order valence-electron chi connectivity index (χ2n) is 3.19. The van der Waals surface area contributed by atoms with E-state index in [2.05, 4.69) is 28.2 Å². The molecule has 0 radical (unpaired) electrons. The summed E-state index contributed by atoms with van der Waals surface area (Å²) in [6, 6.07) is 8.26. The highest BCUT2D eigenvalue weighted by Crippen LogP contribution is 2.20. The van der Waals surface area contributed by atoms with E-state index in [0.717, 1.165) is 11.2 Å². The number of nitrogens with zero attached hydrogens (tertiary/aromatic N) is 2. The van der Waals surface area contributed by atoms with Crippen molar-refractivity contribution in [2.45, 2.75) is 0 Å². The van der Waals surface area contributed by atoms with Crippen LogP contribution in [-0.2, 0) is 0 Å². The van der Waals surface area contributed by atoms with Crippen molar-refractivity contribution in [2.24, 2.45) is 0 Å². The largest absolute Gasteiger partial charge is 0.361 e. The zero-order valence-corrected chi connectivity index (χ0v) is 7.51. The molecule has 0 saturated heterocycles. The fourth-order valence-corrected chi connectivity index (χ4v) is 1.70. The lowest BCUT2D eigenvalue weighted by molar-refractivity contribution is 1.07. The lowest BCUT2D eigenvalue weighted by Crippen LogP contribution is -1.89. The Hall–Kier alpha value is -2.03. The van der Waals surface area contributed by atoms with Gasteiger partial charge in [-0.25, -0.2) is 4.98 Å². The van der Waals surface area contributed by atoms with Crippen LogP contribution in [0.5, 0.6) is 0 Å². The van der Waals surface area contributed by atoms with E-state index in [0.29, 0.717) is 0 Å². The topological polar surface area (TPSA) is 33.6 Å². The van der Waals surface area contributed by atoms with E-state index >= 15 is 0 Å². The molecule has 0 aliphatic rings. The molecule has 3 heteroatoms. The molecule has 1 aromatic carbocycles. The van der Waals surface area contributed by atoms with Crippen LogP contribution in [0.3, 0.4) is 0 Å². The van der Waals surface area contributed by atoms with Gasteiger partial charge in [-0.05, 0) is 18.2 Å². The van der Waals surface area contributed by atoms with Crippen LogP contribution in [0, 0.1) is 0 Å². The van der Waals surface area contributed by atoms with Crippen LogP contribution >= 0.6 is 0 Å². The molecule has 0 saturated carbocycles. The molecule has 3 nitrogen and oxygen atoms in total. The summed E-state index contributed by atoms with van der Waals surface area (Å²) in [4.78, 5) is 7.23. The zero-order chi connectivity index (χ0) is 9.38. The maximum atomic E-state index is 4.04. The smallest absolute Gasteiger partial charge is 0.0991 e. The van der Waals surface area contributed by atoms with Gasteiger partial charge in [-0.3, -0.25) is 0 Å². The first-order chi connectivity index (χ1) is 6.95. The Morgan fingerprint density at radius 1 is 1.21 bits per heavy atom. The predicted molar refractivity (Wildman–Crippen MR) is 55.4 cm³/mol. The van der Waals surface area contributed by atoms with Crippen LogP contribution in [0.1, 0.15) is 0 Å². The van der Waals surface area contributed by atoms with Gasteiger partial charge in [0.1, 0.15) is 0 Å². The maximum absolute atomic E-state index is 4.04. The first kappa shape index (κ1) is 7.38. The summed E-state index contributed by atoms with van der Waals surface area (Å²) >= 11 is 0. The monoisotopic (exact) mass is 183 g/mol. The van der Waals surface area contributed by atoms with Crippen molar-refractivity contribution < 1.29 is 0 Å². The van der Waals surface area contributed by atoms with Crippen molar-refractivity contribution >= 4 is 10.9 Å². The van der Waals surface area contributed by atoms with E-state index in [1.54, 1.807) is 6.20 Å². The van der Waals surface area contributed by atoms with E-state index in [9.17, 15) is 0 Å². The number of aromatic nitrogens is 3. The molecule has 0 amide bonds. The van der Waals surface area contributed by atoms with Gasteiger partial charge in [0.2, 0.25) is 0 Å². The number of benzene rings is 1. The average Bonchev–Trinajstić information content (AvgIpc) is 2.88. The van der Waals surface area contributed by atoms with Crippen LogP contribution in [0.25, 0.3) is 16.6 Å². The summed E-state index contributed by atoms with van der Waals surface area (Å²) in [5, 5.41) is 1.21. The third-order valence-corrected chi connectivity index (χ3v) is 2.35. The van der Waals surface area contributed by atoms with E-state index in [-0.39, 0.29) is 0 Å². The highest BCUT2D eigenvalue weighted by molar-refractivity contribution is 5.87. The highest BCUT2D eigenvalue weighted by atomic mass is 15.0. The van der Waals surface area contributed by atoms with Gasteiger partial charge in [0, 0.05) is 29.5 Å². The first-order valence-corrected chi connectivity index (χ1v) is 4.49. The maximum Gasteiger partial charge on any atom is 0.0991 e. The molecule has 0 atom stereocenters. The molecule has 3 aromatic rings. The molecule has 2 aromatic heterocycles. The Labute approximate surface area is 81.0 Å². The van der Waals surface area contributed by atoms with Gasteiger partial charge in [0.05, 0.1) is 12.0 Å². The number of hydrogen-bond acceptors (Lipinski definition) is 1. The third kappa shape index (κ3) is 0.956. The number of fused-ring (bicyclic) bond motifs is 1. The average molecular weight is 183 g/mol. The molecule has 1 N–H and O–H groups in total. The number of hydrogen-bond donors (Lipinski definition) is 1.